The van der Waals surface area contributed by atoms with Crippen LogP contribution in [0.1, 0.15) is 30.1 Å². The van der Waals surface area contributed by atoms with Crippen molar-refractivity contribution in [1.29, 1.82) is 0 Å². The topological polar surface area (TPSA) is 69.4 Å². The van der Waals surface area contributed by atoms with E-state index < -0.39 is 5.97 Å². The van der Waals surface area contributed by atoms with E-state index in [0.29, 0.717) is 11.6 Å². The Bertz CT molecular complexity index is 423. The molecule has 1 fully saturated rings. The van der Waals surface area contributed by atoms with Crippen LogP contribution in [0.5, 0.6) is 0 Å². The van der Waals surface area contributed by atoms with Crippen LogP contribution in [0.2, 0.25) is 0 Å². The molecule has 1 saturated heterocycles. The van der Waals surface area contributed by atoms with Gasteiger partial charge in [0.1, 0.15) is 0 Å². The minimum Gasteiger partial charge on any atom is -0.545 e. The van der Waals surface area contributed by atoms with Gasteiger partial charge in [0.15, 0.2) is 0 Å². The molecule has 0 spiro atoms. The predicted molar refractivity (Wildman–Crippen MR) is 65.8 cm³/mol. The molecule has 1 aromatic carbocycles. The van der Waals surface area contributed by atoms with Gasteiger partial charge in [-0.15, -0.1) is 0 Å². The Morgan fingerprint density at radius 3 is 2.65 bits per heavy atom. The molecule has 0 unspecified atom stereocenters. The Balaban J connectivity index is 2.28. The lowest BCUT2D eigenvalue weighted by Crippen LogP contribution is -2.35. The minimum atomic E-state index is -1.16. The number of nitrogens with zero attached hydrogens (tertiary/aromatic N) is 1. The normalized spacial score (nSPS) is 17.1. The average Bonchev–Trinajstić information content (AvgIpc) is 2.30. The van der Waals surface area contributed by atoms with E-state index in [2.05, 4.69) is 11.8 Å². The molecule has 0 saturated carbocycles. The summed E-state index contributed by atoms with van der Waals surface area (Å²) in [5.41, 5.74) is 6.99. The second-order valence-corrected chi connectivity index (χ2v) is 4.73. The molecule has 0 bridgehead atoms. The first-order chi connectivity index (χ1) is 8.08. The molecule has 17 heavy (non-hydrogen) atoms. The van der Waals surface area contributed by atoms with Gasteiger partial charge in [-0.1, -0.05) is 6.92 Å². The fraction of sp³-hybridized carbons (Fsp3) is 0.462. The summed E-state index contributed by atoms with van der Waals surface area (Å²) in [6.07, 6.45) is 2.19. The number of hydrogen-bond acceptors (Lipinski definition) is 4. The van der Waals surface area contributed by atoms with Crippen LogP contribution in [0.25, 0.3) is 0 Å². The molecule has 0 aromatic heterocycles. The number of benzene rings is 1. The molecule has 92 valence electrons. The molecule has 0 aliphatic carbocycles. The summed E-state index contributed by atoms with van der Waals surface area (Å²) in [4.78, 5) is 13.2. The molecule has 4 nitrogen and oxygen atoms in total. The van der Waals surface area contributed by atoms with E-state index in [1.807, 2.05) is 0 Å². The second-order valence-electron chi connectivity index (χ2n) is 4.73. The van der Waals surface area contributed by atoms with E-state index in [-0.39, 0.29) is 5.56 Å². The number of hydrogen-bond donors (Lipinski definition) is 1. The lowest BCUT2D eigenvalue weighted by molar-refractivity contribution is -0.254. The average molecular weight is 233 g/mol. The molecule has 0 radical (unpaired) electrons. The number of piperidine rings is 1. The summed E-state index contributed by atoms with van der Waals surface area (Å²) in [7, 11) is 0. The lowest BCUT2D eigenvalue weighted by Gasteiger charge is -2.33. The van der Waals surface area contributed by atoms with E-state index in [9.17, 15) is 9.90 Å². The monoisotopic (exact) mass is 233 g/mol. The van der Waals surface area contributed by atoms with Crippen molar-refractivity contribution < 1.29 is 9.90 Å². The van der Waals surface area contributed by atoms with Gasteiger partial charge in [0, 0.05) is 30.0 Å². The molecule has 0 amide bonds. The number of nitrogens with two attached hydrogens (primary N) is 1. The van der Waals surface area contributed by atoms with Gasteiger partial charge in [0.2, 0.25) is 0 Å². The number of nitrogen functional groups attached to an aromatic ring is 1. The smallest absolute Gasteiger partial charge is 0.0736 e. The molecular weight excluding hydrogens is 216 g/mol. The highest BCUT2D eigenvalue weighted by atomic mass is 16.4. The van der Waals surface area contributed by atoms with Gasteiger partial charge < -0.3 is 20.5 Å². The van der Waals surface area contributed by atoms with E-state index in [4.69, 9.17) is 5.73 Å². The Morgan fingerprint density at radius 1 is 1.41 bits per heavy atom. The van der Waals surface area contributed by atoms with Crippen molar-refractivity contribution in [2.45, 2.75) is 19.8 Å². The van der Waals surface area contributed by atoms with Crippen LogP contribution in [0.15, 0.2) is 18.2 Å². The first-order valence-electron chi connectivity index (χ1n) is 5.93. The first-order valence-corrected chi connectivity index (χ1v) is 5.93. The van der Waals surface area contributed by atoms with Crippen molar-refractivity contribution in [3.05, 3.63) is 23.8 Å². The predicted octanol–water partition coefficient (Wildman–Crippen LogP) is 0.869. The van der Waals surface area contributed by atoms with Gasteiger partial charge in [0.05, 0.1) is 5.97 Å². The molecule has 4 heteroatoms. The number of carbonyl (C=O) groups is 1. The highest BCUT2D eigenvalue weighted by molar-refractivity contribution is 5.94. The van der Waals surface area contributed by atoms with Crippen molar-refractivity contribution in [3.63, 3.8) is 0 Å². The van der Waals surface area contributed by atoms with Crippen LogP contribution >= 0.6 is 0 Å². The van der Waals surface area contributed by atoms with Crippen molar-refractivity contribution >= 4 is 17.3 Å². The van der Waals surface area contributed by atoms with Crippen molar-refractivity contribution in [3.8, 4) is 0 Å². The highest BCUT2D eigenvalue weighted by Crippen LogP contribution is 2.27. The second kappa shape index (κ2) is 4.65. The molecule has 2 rings (SSSR count). The van der Waals surface area contributed by atoms with Gasteiger partial charge in [0.25, 0.3) is 0 Å². The molecule has 1 aromatic rings. The standard InChI is InChI=1S/C13H18N2O2/c1-9-4-6-15(7-5-9)12-3-2-10(14)8-11(12)13(16)17/h2-3,8-9H,4-7,14H2,1H3,(H,16,17)/p-1. The van der Waals surface area contributed by atoms with Crippen LogP contribution in [0, 0.1) is 5.92 Å². The maximum atomic E-state index is 11.1. The van der Waals surface area contributed by atoms with Crippen molar-refractivity contribution in [2.24, 2.45) is 5.92 Å². The summed E-state index contributed by atoms with van der Waals surface area (Å²) in [5.74, 6) is -0.447. The Hall–Kier alpha value is -1.71. The first kappa shape index (κ1) is 11.8. The van der Waals surface area contributed by atoms with Crippen molar-refractivity contribution in [2.75, 3.05) is 23.7 Å². The maximum absolute atomic E-state index is 11.1. The van der Waals surface area contributed by atoms with Crippen LogP contribution in [-0.2, 0) is 0 Å². The number of aromatic carboxylic acids is 1. The maximum Gasteiger partial charge on any atom is 0.0736 e. The Kier molecular flexibility index (Phi) is 3.22. The third-order valence-electron chi connectivity index (χ3n) is 3.36. The van der Waals surface area contributed by atoms with Crippen molar-refractivity contribution in [1.82, 2.24) is 0 Å². The summed E-state index contributed by atoms with van der Waals surface area (Å²) < 4.78 is 0. The quantitative estimate of drug-likeness (QED) is 0.769. The van der Waals surface area contributed by atoms with Gasteiger partial charge in [-0.2, -0.15) is 0 Å². The molecule has 2 N–H and O–H groups in total. The molecule has 0 atom stereocenters. The van der Waals surface area contributed by atoms with Crippen LogP contribution < -0.4 is 15.7 Å². The number of carboxylic acids is 1. The number of carbonyl (C=O) groups excluding carboxylic acids is 1. The van der Waals surface area contributed by atoms with Crippen LogP contribution in [0.4, 0.5) is 11.4 Å². The third kappa shape index (κ3) is 2.52. The summed E-state index contributed by atoms with van der Waals surface area (Å²) in [6.45, 7) is 4.01. The lowest BCUT2D eigenvalue weighted by atomic mass is 9.98. The van der Waals surface area contributed by atoms with Gasteiger partial charge in [-0.05, 0) is 37.0 Å². The molecule has 1 aliphatic rings. The Labute approximate surface area is 101 Å². The fourth-order valence-electron chi connectivity index (χ4n) is 2.24. The summed E-state index contributed by atoms with van der Waals surface area (Å²) in [6, 6.07) is 4.99. The number of anilines is 2. The van der Waals surface area contributed by atoms with E-state index in [1.165, 1.54) is 6.07 Å². The SMILES string of the molecule is CC1CCN(c2ccc(N)cc2C(=O)[O-])CC1. The van der Waals surface area contributed by atoms with E-state index >= 15 is 0 Å². The number of carboxylic acid groups (broad SMARTS) is 1. The zero-order valence-electron chi connectivity index (χ0n) is 9.98. The zero-order valence-corrected chi connectivity index (χ0v) is 9.98. The Morgan fingerprint density at radius 2 is 2.06 bits per heavy atom. The van der Waals surface area contributed by atoms with Crippen LogP contribution in [-0.4, -0.2) is 19.1 Å². The summed E-state index contributed by atoms with van der Waals surface area (Å²) >= 11 is 0. The number of rotatable bonds is 2. The fourth-order valence-corrected chi connectivity index (χ4v) is 2.24. The largest absolute Gasteiger partial charge is 0.545 e. The van der Waals surface area contributed by atoms with E-state index in [1.54, 1.807) is 12.1 Å². The summed E-state index contributed by atoms with van der Waals surface area (Å²) in [5, 5.41) is 11.1. The molecule has 1 heterocycles. The van der Waals surface area contributed by atoms with Gasteiger partial charge in [-0.25, -0.2) is 0 Å². The minimum absolute atomic E-state index is 0.194. The molecular formula is C13H17N2O2-. The highest BCUT2D eigenvalue weighted by Gasteiger charge is 2.18. The van der Waals surface area contributed by atoms with Crippen LogP contribution in [0.3, 0.4) is 0 Å². The van der Waals surface area contributed by atoms with E-state index in [0.717, 1.165) is 31.6 Å². The van der Waals surface area contributed by atoms with Gasteiger partial charge >= 0.3 is 0 Å². The van der Waals surface area contributed by atoms with Gasteiger partial charge in [-0.3, -0.25) is 0 Å². The third-order valence-corrected chi connectivity index (χ3v) is 3.36. The molecule has 1 aliphatic heterocycles. The zero-order chi connectivity index (χ0) is 12.4.